The first-order valence-electron chi connectivity index (χ1n) is 4.75. The molecule has 86 valence electrons. The highest BCUT2D eigenvalue weighted by Gasteiger charge is 2.22. The lowest BCUT2D eigenvalue weighted by Gasteiger charge is -2.17. The lowest BCUT2D eigenvalue weighted by Crippen LogP contribution is -2.22. The second kappa shape index (κ2) is 3.17. The molecule has 0 unspecified atom stereocenters. The van der Waals surface area contributed by atoms with Gasteiger partial charge in [-0.2, -0.15) is 5.10 Å². The van der Waals surface area contributed by atoms with Crippen molar-refractivity contribution in [2.45, 2.75) is 6.61 Å². The van der Waals surface area contributed by atoms with E-state index in [1.165, 1.54) is 22.8 Å². The molecular formula is C9H6N4O4. The van der Waals surface area contributed by atoms with Crippen LogP contribution in [0.25, 0.3) is 5.69 Å². The molecule has 1 aromatic heterocycles. The van der Waals surface area contributed by atoms with E-state index in [1.54, 1.807) is 0 Å². The Morgan fingerprint density at radius 2 is 2.35 bits per heavy atom. The van der Waals surface area contributed by atoms with Gasteiger partial charge in [0.2, 0.25) is 0 Å². The van der Waals surface area contributed by atoms with E-state index in [0.717, 1.165) is 0 Å². The summed E-state index contributed by atoms with van der Waals surface area (Å²) in [7, 11) is 0. The Kier molecular flexibility index (Phi) is 1.79. The molecule has 1 aliphatic heterocycles. The molecule has 1 N–H and O–H groups in total. The molecule has 0 spiro atoms. The number of nitrogens with one attached hydrogen (secondary N) is 1. The number of nitrogens with zero attached hydrogens (tertiary/aromatic N) is 3. The topological polar surface area (TPSA) is 103 Å². The van der Waals surface area contributed by atoms with Crippen molar-refractivity contribution in [2.24, 2.45) is 0 Å². The zero-order valence-electron chi connectivity index (χ0n) is 8.41. The third-order valence-electron chi connectivity index (χ3n) is 2.49. The van der Waals surface area contributed by atoms with Gasteiger partial charge in [0, 0.05) is 12.1 Å². The summed E-state index contributed by atoms with van der Waals surface area (Å²) in [5, 5.41) is 16.7. The van der Waals surface area contributed by atoms with Crippen LogP contribution >= 0.6 is 0 Å². The number of nitro groups is 1. The van der Waals surface area contributed by atoms with Gasteiger partial charge in [0.25, 0.3) is 5.69 Å². The maximum absolute atomic E-state index is 11.5. The molecule has 0 bridgehead atoms. The van der Waals surface area contributed by atoms with E-state index in [4.69, 9.17) is 4.74 Å². The van der Waals surface area contributed by atoms with Crippen LogP contribution in [0.15, 0.2) is 23.0 Å². The number of benzene rings is 1. The van der Waals surface area contributed by atoms with Crippen LogP contribution in [0.4, 0.5) is 5.69 Å². The number of hydrogen-bond donors (Lipinski definition) is 1. The van der Waals surface area contributed by atoms with Gasteiger partial charge in [0.1, 0.15) is 18.0 Å². The summed E-state index contributed by atoms with van der Waals surface area (Å²) in [5.74, 6) is 0.814. The largest absolute Gasteiger partial charge is 0.483 e. The number of rotatable bonds is 1. The van der Waals surface area contributed by atoms with Crippen molar-refractivity contribution in [2.75, 3.05) is 0 Å². The highest BCUT2D eigenvalue weighted by Crippen LogP contribution is 2.30. The Labute approximate surface area is 93.6 Å². The van der Waals surface area contributed by atoms with E-state index in [1.807, 2.05) is 0 Å². The van der Waals surface area contributed by atoms with Gasteiger partial charge in [-0.15, -0.1) is 0 Å². The van der Waals surface area contributed by atoms with Crippen LogP contribution in [0.1, 0.15) is 5.82 Å². The third-order valence-corrected chi connectivity index (χ3v) is 2.49. The van der Waals surface area contributed by atoms with Gasteiger partial charge >= 0.3 is 5.69 Å². The second-order valence-electron chi connectivity index (χ2n) is 3.48. The third kappa shape index (κ3) is 1.30. The minimum Gasteiger partial charge on any atom is -0.483 e. The molecule has 17 heavy (non-hydrogen) atoms. The van der Waals surface area contributed by atoms with Gasteiger partial charge in [-0.25, -0.2) is 14.5 Å². The second-order valence-corrected chi connectivity index (χ2v) is 3.48. The van der Waals surface area contributed by atoms with E-state index in [0.29, 0.717) is 17.3 Å². The number of non-ortho nitro benzene ring substituents is 1. The Bertz CT molecular complexity index is 672. The molecule has 0 amide bonds. The summed E-state index contributed by atoms with van der Waals surface area (Å²) in [6.45, 7) is 0.156. The number of H-pyrrole nitrogens is 1. The first kappa shape index (κ1) is 9.58. The van der Waals surface area contributed by atoms with Crippen LogP contribution in [0.3, 0.4) is 0 Å². The predicted molar refractivity (Wildman–Crippen MR) is 55.2 cm³/mol. The molecule has 0 radical (unpaired) electrons. The fourth-order valence-electron chi connectivity index (χ4n) is 1.73. The number of nitro benzene ring substituents is 1. The molecule has 0 aliphatic carbocycles. The molecule has 8 nitrogen and oxygen atoms in total. The zero-order valence-corrected chi connectivity index (χ0v) is 8.41. The Morgan fingerprint density at radius 3 is 3.12 bits per heavy atom. The summed E-state index contributed by atoms with van der Waals surface area (Å²) < 4.78 is 6.60. The maximum Gasteiger partial charge on any atom is 0.348 e. The van der Waals surface area contributed by atoms with Crippen molar-refractivity contribution < 1.29 is 9.66 Å². The monoisotopic (exact) mass is 234 g/mol. The Morgan fingerprint density at radius 1 is 1.53 bits per heavy atom. The molecule has 3 rings (SSSR count). The molecule has 2 heterocycles. The summed E-state index contributed by atoms with van der Waals surface area (Å²) in [6, 6.07) is 4.08. The first-order chi connectivity index (χ1) is 8.16. The van der Waals surface area contributed by atoms with E-state index < -0.39 is 10.6 Å². The van der Waals surface area contributed by atoms with E-state index >= 15 is 0 Å². The van der Waals surface area contributed by atoms with E-state index in [-0.39, 0.29) is 12.3 Å². The van der Waals surface area contributed by atoms with E-state index in [9.17, 15) is 14.9 Å². The van der Waals surface area contributed by atoms with E-state index in [2.05, 4.69) is 10.2 Å². The fourth-order valence-corrected chi connectivity index (χ4v) is 1.73. The molecule has 8 heteroatoms. The van der Waals surface area contributed by atoms with Crippen molar-refractivity contribution in [3.05, 3.63) is 44.6 Å². The van der Waals surface area contributed by atoms with Gasteiger partial charge in [-0.05, 0) is 6.07 Å². The molecule has 0 atom stereocenters. The Balaban J connectivity index is 2.29. The van der Waals surface area contributed by atoms with Crippen molar-refractivity contribution in [1.82, 2.24) is 14.8 Å². The van der Waals surface area contributed by atoms with Crippen LogP contribution in [0, 0.1) is 10.1 Å². The molecule has 2 aromatic rings. The van der Waals surface area contributed by atoms with Gasteiger partial charge < -0.3 is 4.74 Å². The molecule has 1 aliphatic rings. The maximum atomic E-state index is 11.5. The number of ether oxygens (including phenoxy) is 1. The average molecular weight is 234 g/mol. The van der Waals surface area contributed by atoms with Gasteiger partial charge in [0.05, 0.1) is 4.92 Å². The van der Waals surface area contributed by atoms with Crippen LogP contribution in [0.2, 0.25) is 0 Å². The molecule has 0 fully saturated rings. The van der Waals surface area contributed by atoms with Crippen molar-refractivity contribution in [3.63, 3.8) is 0 Å². The zero-order chi connectivity index (χ0) is 12.0. The lowest BCUT2D eigenvalue weighted by molar-refractivity contribution is -0.384. The van der Waals surface area contributed by atoms with Crippen molar-refractivity contribution in [3.8, 4) is 11.4 Å². The normalized spacial score (nSPS) is 12.5. The molecule has 0 saturated carbocycles. The number of aromatic amines is 1. The SMILES string of the molecule is O=c1[nH]nc2n1-c1cc([N+](=O)[O-])ccc1OC2. The standard InChI is InChI=1S/C9H6N4O4/c14-9-11-10-8-4-17-7-2-1-5(13(15)16)3-6(7)12(8)9/h1-3H,4H2,(H,11,14). The van der Waals surface area contributed by atoms with Crippen molar-refractivity contribution in [1.29, 1.82) is 0 Å². The van der Waals surface area contributed by atoms with Crippen molar-refractivity contribution >= 4 is 5.69 Å². The molecular weight excluding hydrogens is 228 g/mol. The highest BCUT2D eigenvalue weighted by molar-refractivity contribution is 5.55. The Hall–Kier alpha value is -2.64. The van der Waals surface area contributed by atoms with Crippen LogP contribution in [-0.4, -0.2) is 19.7 Å². The van der Waals surface area contributed by atoms with Crippen LogP contribution in [-0.2, 0) is 6.61 Å². The smallest absolute Gasteiger partial charge is 0.348 e. The summed E-state index contributed by atoms with van der Waals surface area (Å²) in [6.07, 6.45) is 0. The minimum absolute atomic E-state index is 0.103. The number of hydrogen-bond acceptors (Lipinski definition) is 5. The minimum atomic E-state index is -0.528. The van der Waals surface area contributed by atoms with Crippen LogP contribution < -0.4 is 10.4 Å². The summed E-state index contributed by atoms with van der Waals surface area (Å²) in [5.41, 5.74) is -0.211. The first-order valence-corrected chi connectivity index (χ1v) is 4.75. The highest BCUT2D eigenvalue weighted by atomic mass is 16.6. The quantitative estimate of drug-likeness (QED) is 0.566. The molecule has 1 aromatic carbocycles. The van der Waals surface area contributed by atoms with Gasteiger partial charge in [-0.1, -0.05) is 0 Å². The van der Waals surface area contributed by atoms with Gasteiger partial charge in [0.15, 0.2) is 5.82 Å². The lowest BCUT2D eigenvalue weighted by atomic mass is 10.2. The predicted octanol–water partition coefficient (Wildman–Crippen LogP) is 0.361. The fraction of sp³-hybridized carbons (Fsp3) is 0.111. The summed E-state index contributed by atoms with van der Waals surface area (Å²) >= 11 is 0. The number of aromatic nitrogens is 3. The molecule has 0 saturated heterocycles. The number of fused-ring (bicyclic) bond motifs is 3. The van der Waals surface area contributed by atoms with Gasteiger partial charge in [-0.3, -0.25) is 10.1 Å². The average Bonchev–Trinajstić information content (AvgIpc) is 2.70. The van der Waals surface area contributed by atoms with Crippen LogP contribution in [0.5, 0.6) is 5.75 Å². The summed E-state index contributed by atoms with van der Waals surface area (Å²) in [4.78, 5) is 21.7.